The summed E-state index contributed by atoms with van der Waals surface area (Å²) in [6.07, 6.45) is 2.39. The van der Waals surface area contributed by atoms with Crippen molar-refractivity contribution in [3.8, 4) is 0 Å². The van der Waals surface area contributed by atoms with E-state index in [1.165, 1.54) is 6.07 Å². The molecule has 1 unspecified atom stereocenters. The molecule has 28 heavy (non-hydrogen) atoms. The summed E-state index contributed by atoms with van der Waals surface area (Å²) in [6, 6.07) is 11.7. The first-order chi connectivity index (χ1) is 13.4. The minimum absolute atomic E-state index is 0.0303. The van der Waals surface area contributed by atoms with Crippen LogP contribution in [-0.4, -0.2) is 38.0 Å². The predicted molar refractivity (Wildman–Crippen MR) is 103 cm³/mol. The molecule has 0 saturated carbocycles. The summed E-state index contributed by atoms with van der Waals surface area (Å²) in [5, 5.41) is 11.2. The van der Waals surface area contributed by atoms with Crippen LogP contribution in [0.15, 0.2) is 42.5 Å². The molecule has 2 aliphatic rings. The smallest absolute Gasteiger partial charge is 0.254 e. The fourth-order valence-corrected chi connectivity index (χ4v) is 5.03. The second-order valence-electron chi connectivity index (χ2n) is 8.07. The topological polar surface area (TPSA) is 69.2 Å². The molecule has 0 spiro atoms. The molecule has 1 aromatic heterocycles. The van der Waals surface area contributed by atoms with Gasteiger partial charge in [0.15, 0.2) is 0 Å². The molecule has 2 aliphatic heterocycles. The van der Waals surface area contributed by atoms with E-state index in [2.05, 4.69) is 9.97 Å². The van der Waals surface area contributed by atoms with Gasteiger partial charge >= 0.3 is 0 Å². The van der Waals surface area contributed by atoms with Gasteiger partial charge in [-0.2, -0.15) is 0 Å². The number of rotatable bonds is 2. The van der Waals surface area contributed by atoms with Crippen molar-refractivity contribution in [2.24, 2.45) is 0 Å². The molecule has 6 heteroatoms. The van der Waals surface area contributed by atoms with E-state index in [1.807, 2.05) is 30.0 Å². The van der Waals surface area contributed by atoms with Gasteiger partial charge in [-0.05, 0) is 44.0 Å². The first kappa shape index (κ1) is 17.4. The minimum atomic E-state index is -1.22. The summed E-state index contributed by atoms with van der Waals surface area (Å²) >= 11 is 0. The highest BCUT2D eigenvalue weighted by Crippen LogP contribution is 2.46. The Kier molecular flexibility index (Phi) is 3.81. The average Bonchev–Trinajstić information content (AvgIpc) is 3.17. The maximum Gasteiger partial charge on any atom is 0.254 e. The lowest BCUT2D eigenvalue weighted by Gasteiger charge is -2.44. The SMILES string of the molecule is Cc1nc2ccc(C(=O)N3[C@@H]4CC[C@H]3CC(O)(c3ccccc3F)C4)cc2[nH]1. The third-order valence-electron chi connectivity index (χ3n) is 6.22. The molecular weight excluding hydrogens is 357 g/mol. The lowest BCUT2D eigenvalue weighted by molar-refractivity contribution is -0.0500. The van der Waals surface area contributed by atoms with E-state index < -0.39 is 5.60 Å². The van der Waals surface area contributed by atoms with E-state index >= 15 is 0 Å². The zero-order valence-corrected chi connectivity index (χ0v) is 15.7. The number of aromatic amines is 1. The van der Waals surface area contributed by atoms with E-state index in [-0.39, 0.29) is 23.8 Å². The van der Waals surface area contributed by atoms with Crippen molar-refractivity contribution in [3.63, 3.8) is 0 Å². The molecular formula is C22H22FN3O2. The first-order valence-electron chi connectivity index (χ1n) is 9.71. The van der Waals surface area contributed by atoms with Crippen LogP contribution in [0.25, 0.3) is 11.0 Å². The molecule has 3 atom stereocenters. The Hall–Kier alpha value is -2.73. The second kappa shape index (κ2) is 6.14. The summed E-state index contributed by atoms with van der Waals surface area (Å²) in [5.41, 5.74) is 1.41. The minimum Gasteiger partial charge on any atom is -0.385 e. The van der Waals surface area contributed by atoms with Crippen LogP contribution in [-0.2, 0) is 5.60 Å². The summed E-state index contributed by atoms with van der Waals surface area (Å²) in [5.74, 6) is 0.397. The highest BCUT2D eigenvalue weighted by molar-refractivity contribution is 5.98. The van der Waals surface area contributed by atoms with E-state index in [0.29, 0.717) is 24.0 Å². The molecule has 1 amide bonds. The Morgan fingerprint density at radius 1 is 1.21 bits per heavy atom. The number of H-pyrrole nitrogens is 1. The average molecular weight is 379 g/mol. The number of carbonyl (C=O) groups excluding carboxylic acids is 1. The number of aliphatic hydroxyl groups is 1. The Bertz CT molecular complexity index is 1060. The van der Waals surface area contributed by atoms with Crippen LogP contribution in [0.1, 0.15) is 47.4 Å². The van der Waals surface area contributed by atoms with Gasteiger partial charge < -0.3 is 15.0 Å². The van der Waals surface area contributed by atoms with Gasteiger partial charge in [0.25, 0.3) is 5.91 Å². The van der Waals surface area contributed by atoms with E-state index in [4.69, 9.17) is 0 Å². The zero-order valence-electron chi connectivity index (χ0n) is 15.7. The molecule has 0 aliphatic carbocycles. The van der Waals surface area contributed by atoms with Crippen molar-refractivity contribution in [1.29, 1.82) is 0 Å². The van der Waals surface area contributed by atoms with Crippen LogP contribution in [0.5, 0.6) is 0 Å². The first-order valence-corrected chi connectivity index (χ1v) is 9.71. The maximum absolute atomic E-state index is 14.3. The number of hydrogen-bond acceptors (Lipinski definition) is 3. The fourth-order valence-electron chi connectivity index (χ4n) is 5.03. The molecule has 2 saturated heterocycles. The van der Waals surface area contributed by atoms with Crippen molar-refractivity contribution < 1.29 is 14.3 Å². The number of nitrogens with one attached hydrogen (secondary N) is 1. The number of hydrogen-bond donors (Lipinski definition) is 2. The Morgan fingerprint density at radius 2 is 1.93 bits per heavy atom. The van der Waals surface area contributed by atoms with Crippen LogP contribution in [0.2, 0.25) is 0 Å². The lowest BCUT2D eigenvalue weighted by atomic mass is 9.80. The van der Waals surface area contributed by atoms with Gasteiger partial charge in [0.05, 0.1) is 16.6 Å². The Balaban J connectivity index is 1.44. The van der Waals surface area contributed by atoms with E-state index in [1.54, 1.807) is 18.2 Å². The molecule has 2 aromatic carbocycles. The van der Waals surface area contributed by atoms with Gasteiger partial charge in [-0.25, -0.2) is 9.37 Å². The standard InChI is InChI=1S/C22H22FN3O2/c1-13-24-19-9-6-14(10-20(19)25-13)21(27)26-15-7-8-16(26)12-22(28,11-15)17-4-2-3-5-18(17)23/h2-6,9-10,15-16,28H,7-8,11-12H2,1H3,(H,24,25)/t15-,16+,22?. The number of nitrogens with zero attached hydrogens (tertiary/aromatic N) is 2. The number of benzene rings is 2. The number of aromatic nitrogens is 2. The van der Waals surface area contributed by atoms with Crippen molar-refractivity contribution >= 4 is 16.9 Å². The molecule has 144 valence electrons. The van der Waals surface area contributed by atoms with Gasteiger partial charge in [0.1, 0.15) is 11.6 Å². The lowest BCUT2D eigenvalue weighted by Crippen LogP contribution is -2.52. The Labute approximate surface area is 162 Å². The highest BCUT2D eigenvalue weighted by Gasteiger charge is 2.50. The summed E-state index contributed by atoms with van der Waals surface area (Å²) < 4.78 is 14.3. The number of aryl methyl sites for hydroxylation is 1. The van der Waals surface area contributed by atoms with Crippen LogP contribution < -0.4 is 0 Å². The van der Waals surface area contributed by atoms with Gasteiger partial charge in [-0.15, -0.1) is 0 Å². The molecule has 3 aromatic rings. The zero-order chi connectivity index (χ0) is 19.5. The van der Waals surface area contributed by atoms with E-state index in [9.17, 15) is 14.3 Å². The number of imidazole rings is 1. The number of piperidine rings is 1. The molecule has 0 radical (unpaired) electrons. The number of fused-ring (bicyclic) bond motifs is 3. The van der Waals surface area contributed by atoms with Crippen LogP contribution >= 0.6 is 0 Å². The van der Waals surface area contributed by atoms with Crippen molar-refractivity contribution in [1.82, 2.24) is 14.9 Å². The predicted octanol–water partition coefficient (Wildman–Crippen LogP) is 3.67. The van der Waals surface area contributed by atoms with Crippen LogP contribution in [0.3, 0.4) is 0 Å². The molecule has 5 rings (SSSR count). The van der Waals surface area contributed by atoms with Gasteiger partial charge in [0, 0.05) is 36.1 Å². The summed E-state index contributed by atoms with van der Waals surface area (Å²) in [6.45, 7) is 1.88. The second-order valence-corrected chi connectivity index (χ2v) is 8.07. The molecule has 2 fully saturated rings. The van der Waals surface area contributed by atoms with Crippen molar-refractivity contribution in [3.05, 3.63) is 65.2 Å². The van der Waals surface area contributed by atoms with Gasteiger partial charge in [-0.1, -0.05) is 18.2 Å². The molecule has 5 nitrogen and oxygen atoms in total. The maximum atomic E-state index is 14.3. The third kappa shape index (κ3) is 2.63. The van der Waals surface area contributed by atoms with Gasteiger partial charge in [-0.3, -0.25) is 4.79 Å². The monoisotopic (exact) mass is 379 g/mol. The Morgan fingerprint density at radius 3 is 2.64 bits per heavy atom. The molecule has 2 N–H and O–H groups in total. The quantitative estimate of drug-likeness (QED) is 0.714. The third-order valence-corrected chi connectivity index (χ3v) is 6.22. The number of carbonyl (C=O) groups is 1. The normalized spacial score (nSPS) is 26.8. The summed E-state index contributed by atoms with van der Waals surface area (Å²) in [4.78, 5) is 22.7. The number of amides is 1. The van der Waals surface area contributed by atoms with Crippen molar-refractivity contribution in [2.45, 2.75) is 50.3 Å². The fraction of sp³-hybridized carbons (Fsp3) is 0.364. The van der Waals surface area contributed by atoms with Crippen molar-refractivity contribution in [2.75, 3.05) is 0 Å². The molecule has 3 heterocycles. The van der Waals surface area contributed by atoms with Crippen LogP contribution in [0.4, 0.5) is 4.39 Å². The number of halogens is 1. The van der Waals surface area contributed by atoms with Gasteiger partial charge in [0.2, 0.25) is 0 Å². The largest absolute Gasteiger partial charge is 0.385 e. The highest BCUT2D eigenvalue weighted by atomic mass is 19.1. The van der Waals surface area contributed by atoms with E-state index in [0.717, 1.165) is 29.7 Å². The molecule has 2 bridgehead atoms. The summed E-state index contributed by atoms with van der Waals surface area (Å²) in [7, 11) is 0. The van der Waals surface area contributed by atoms with Crippen LogP contribution in [0, 0.1) is 12.7 Å².